The zero-order chi connectivity index (χ0) is 11.4. The van der Waals surface area contributed by atoms with Crippen LogP contribution in [0, 0.1) is 0 Å². The van der Waals surface area contributed by atoms with Gasteiger partial charge < -0.3 is 9.47 Å². The van der Waals surface area contributed by atoms with Crippen LogP contribution < -0.4 is 9.47 Å². The molecule has 1 aromatic carbocycles. The van der Waals surface area contributed by atoms with Crippen LogP contribution in [-0.4, -0.2) is 20.9 Å². The normalized spacial score (nSPS) is 9.53. The Balaban J connectivity index is 3.40. The van der Waals surface area contributed by atoms with Crippen molar-refractivity contribution in [3.63, 3.8) is 0 Å². The molecule has 0 N–H and O–H groups in total. The van der Waals surface area contributed by atoms with Crippen LogP contribution in [-0.2, 0) is 0 Å². The first-order valence-corrected chi connectivity index (χ1v) is 4.59. The quantitative estimate of drug-likeness (QED) is 0.737. The molecule has 0 aromatic heterocycles. The number of hydrogen-bond acceptors (Lipinski definition) is 3. The molecule has 3 nitrogen and oxygen atoms in total. The van der Waals surface area contributed by atoms with Gasteiger partial charge in [0.15, 0.2) is 11.5 Å². The van der Waals surface area contributed by atoms with E-state index in [4.69, 9.17) is 21.1 Å². The average molecular weight is 226 g/mol. The summed E-state index contributed by atoms with van der Waals surface area (Å²) < 4.78 is 10.3. The third-order valence-electron chi connectivity index (χ3n) is 1.96. The number of benzene rings is 1. The maximum atomic E-state index is 5.83. The maximum absolute atomic E-state index is 5.83. The van der Waals surface area contributed by atoms with Gasteiger partial charge in [0.05, 0.1) is 19.9 Å². The van der Waals surface area contributed by atoms with Gasteiger partial charge in [-0.25, -0.2) is 0 Å². The molecule has 0 atom stereocenters. The number of nitrogens with zero attached hydrogens (tertiary/aromatic N) is 1. The minimum atomic E-state index is 0.387. The van der Waals surface area contributed by atoms with E-state index in [0.29, 0.717) is 27.8 Å². The first kappa shape index (κ1) is 11.6. The molecule has 80 valence electrons. The lowest BCUT2D eigenvalue weighted by atomic mass is 10.1. The van der Waals surface area contributed by atoms with Crippen LogP contribution in [0.15, 0.2) is 23.7 Å². The van der Waals surface area contributed by atoms with Gasteiger partial charge in [0.1, 0.15) is 0 Å². The van der Waals surface area contributed by atoms with Gasteiger partial charge in [-0.3, -0.25) is 4.99 Å². The fourth-order valence-electron chi connectivity index (χ4n) is 1.22. The predicted molar refractivity (Wildman–Crippen MR) is 63.6 cm³/mol. The second kappa shape index (κ2) is 4.84. The molecule has 1 rings (SSSR count). The van der Waals surface area contributed by atoms with Crippen molar-refractivity contribution in [3.8, 4) is 11.5 Å². The zero-order valence-corrected chi connectivity index (χ0v) is 9.47. The molecular weight excluding hydrogens is 214 g/mol. The van der Waals surface area contributed by atoms with Crippen LogP contribution >= 0.6 is 11.6 Å². The monoisotopic (exact) mass is 225 g/mol. The average Bonchev–Trinajstić information content (AvgIpc) is 2.26. The molecule has 1 aromatic rings. The molecule has 0 fully saturated rings. The minimum Gasteiger partial charge on any atom is -0.493 e. The topological polar surface area (TPSA) is 30.8 Å². The van der Waals surface area contributed by atoms with E-state index in [2.05, 4.69) is 18.3 Å². The summed E-state index contributed by atoms with van der Waals surface area (Å²) in [5.41, 5.74) is 1.30. The Morgan fingerprint density at radius 2 is 1.80 bits per heavy atom. The molecule has 0 bridgehead atoms. The Labute approximate surface area is 94.0 Å². The maximum Gasteiger partial charge on any atom is 0.162 e. The van der Waals surface area contributed by atoms with Crippen LogP contribution in [0.5, 0.6) is 11.5 Å². The number of rotatable bonds is 4. The fourth-order valence-corrected chi connectivity index (χ4v) is 1.37. The van der Waals surface area contributed by atoms with Crippen molar-refractivity contribution < 1.29 is 9.47 Å². The Morgan fingerprint density at radius 1 is 1.27 bits per heavy atom. The van der Waals surface area contributed by atoms with Crippen molar-refractivity contribution in [2.24, 2.45) is 4.99 Å². The van der Waals surface area contributed by atoms with E-state index in [-0.39, 0.29) is 0 Å². The molecule has 0 unspecified atom stereocenters. The van der Waals surface area contributed by atoms with Crippen molar-refractivity contribution >= 4 is 29.0 Å². The van der Waals surface area contributed by atoms with E-state index in [1.165, 1.54) is 0 Å². The number of ether oxygens (including phenoxy) is 2. The van der Waals surface area contributed by atoms with E-state index >= 15 is 0 Å². The first-order valence-electron chi connectivity index (χ1n) is 4.21. The minimum absolute atomic E-state index is 0.387. The van der Waals surface area contributed by atoms with Crippen LogP contribution in [0.2, 0.25) is 0 Å². The van der Waals surface area contributed by atoms with Gasteiger partial charge in [0.2, 0.25) is 0 Å². The van der Waals surface area contributed by atoms with Crippen molar-refractivity contribution in [2.45, 2.75) is 0 Å². The molecule has 0 radical (unpaired) electrons. The number of hydrogen-bond donors (Lipinski definition) is 0. The molecule has 0 aliphatic heterocycles. The molecule has 0 saturated heterocycles. The zero-order valence-electron chi connectivity index (χ0n) is 8.71. The molecule has 0 amide bonds. The van der Waals surface area contributed by atoms with Crippen molar-refractivity contribution in [1.82, 2.24) is 0 Å². The molecule has 0 heterocycles. The first-order chi connectivity index (χ1) is 7.13. The SMILES string of the molecule is C=Nc1cc(OC)c(OC)cc1C(=C)Cl. The van der Waals surface area contributed by atoms with Gasteiger partial charge in [0, 0.05) is 16.7 Å². The van der Waals surface area contributed by atoms with Gasteiger partial charge in [-0.05, 0) is 12.8 Å². The molecule has 15 heavy (non-hydrogen) atoms. The molecule has 0 saturated carbocycles. The summed E-state index contributed by atoms with van der Waals surface area (Å²) in [7, 11) is 3.11. The van der Waals surface area contributed by atoms with Crippen molar-refractivity contribution in [1.29, 1.82) is 0 Å². The van der Waals surface area contributed by atoms with Crippen LogP contribution in [0.1, 0.15) is 5.56 Å². The summed E-state index contributed by atoms with van der Waals surface area (Å²) in [6, 6.07) is 3.42. The van der Waals surface area contributed by atoms with E-state index in [9.17, 15) is 0 Å². The van der Waals surface area contributed by atoms with E-state index < -0.39 is 0 Å². The second-order valence-electron chi connectivity index (χ2n) is 2.79. The van der Waals surface area contributed by atoms with E-state index in [1.54, 1.807) is 26.4 Å². The number of aliphatic imine (C=N–C) groups is 1. The lowest BCUT2D eigenvalue weighted by Gasteiger charge is -2.11. The summed E-state index contributed by atoms with van der Waals surface area (Å²) in [6.45, 7) is 7.10. The Bertz CT molecular complexity index is 402. The molecule has 0 aliphatic rings. The summed E-state index contributed by atoms with van der Waals surface area (Å²) in [5, 5.41) is 0.387. The highest BCUT2D eigenvalue weighted by Crippen LogP contribution is 2.38. The Morgan fingerprint density at radius 3 is 2.20 bits per heavy atom. The van der Waals surface area contributed by atoms with Gasteiger partial charge in [-0.2, -0.15) is 0 Å². The van der Waals surface area contributed by atoms with Crippen LogP contribution in [0.25, 0.3) is 5.03 Å². The van der Waals surface area contributed by atoms with Gasteiger partial charge >= 0.3 is 0 Å². The largest absolute Gasteiger partial charge is 0.493 e. The fraction of sp³-hybridized carbons (Fsp3) is 0.182. The molecule has 0 spiro atoms. The second-order valence-corrected chi connectivity index (χ2v) is 3.24. The summed E-state index contributed by atoms with van der Waals surface area (Å²) in [4.78, 5) is 3.84. The van der Waals surface area contributed by atoms with E-state index in [1.807, 2.05) is 0 Å². The lowest BCUT2D eigenvalue weighted by Crippen LogP contribution is -1.91. The Hall–Kier alpha value is -1.48. The lowest BCUT2D eigenvalue weighted by molar-refractivity contribution is 0.355. The standard InChI is InChI=1S/C11H12ClNO2/c1-7(12)8-5-10(14-3)11(15-4)6-9(8)13-2/h5-6H,1-2H2,3-4H3. The summed E-state index contributed by atoms with van der Waals surface area (Å²) in [6.07, 6.45) is 0. The van der Waals surface area contributed by atoms with Crippen LogP contribution in [0.3, 0.4) is 0 Å². The molecule has 4 heteroatoms. The van der Waals surface area contributed by atoms with Crippen molar-refractivity contribution in [3.05, 3.63) is 24.3 Å². The number of halogens is 1. The van der Waals surface area contributed by atoms with E-state index in [0.717, 1.165) is 0 Å². The third-order valence-corrected chi connectivity index (χ3v) is 2.17. The van der Waals surface area contributed by atoms with Gasteiger partial charge in [0.25, 0.3) is 0 Å². The van der Waals surface area contributed by atoms with Gasteiger partial charge in [-0.15, -0.1) is 0 Å². The predicted octanol–water partition coefficient (Wildman–Crippen LogP) is 3.25. The molecule has 0 aliphatic carbocycles. The van der Waals surface area contributed by atoms with Gasteiger partial charge in [-0.1, -0.05) is 18.2 Å². The smallest absolute Gasteiger partial charge is 0.162 e. The third kappa shape index (κ3) is 2.30. The summed E-state index contributed by atoms with van der Waals surface area (Å²) >= 11 is 5.83. The van der Waals surface area contributed by atoms with Crippen LogP contribution in [0.4, 0.5) is 5.69 Å². The highest BCUT2D eigenvalue weighted by molar-refractivity contribution is 6.48. The van der Waals surface area contributed by atoms with Crippen molar-refractivity contribution in [2.75, 3.05) is 14.2 Å². The highest BCUT2D eigenvalue weighted by atomic mass is 35.5. The Kier molecular flexibility index (Phi) is 3.74. The molecular formula is C11H12ClNO2. The highest BCUT2D eigenvalue weighted by Gasteiger charge is 2.11. The summed E-state index contributed by atoms with van der Waals surface area (Å²) in [5.74, 6) is 1.17. The number of methoxy groups -OCH3 is 2.